The molecule has 0 aromatic heterocycles. The molecule has 1 aliphatic carbocycles. The van der Waals surface area contributed by atoms with Crippen LogP contribution < -0.4 is 10.6 Å². The van der Waals surface area contributed by atoms with Crippen LogP contribution in [-0.2, 0) is 47.9 Å². The van der Waals surface area contributed by atoms with Gasteiger partial charge in [-0.25, -0.2) is 4.79 Å². The summed E-state index contributed by atoms with van der Waals surface area (Å²) in [5.74, 6) is -4.94. The molecule has 4 aliphatic rings. The molecule has 6 rings (SSSR count). The van der Waals surface area contributed by atoms with Gasteiger partial charge in [0.05, 0.1) is 0 Å². The number of rotatable bonds is 11. The maximum atomic E-state index is 12.7. The number of nitrogens with zero attached hydrogens (tertiary/aromatic N) is 3. The second kappa shape index (κ2) is 13.3. The van der Waals surface area contributed by atoms with Crippen molar-refractivity contribution in [1.29, 1.82) is 0 Å². The van der Waals surface area contributed by atoms with E-state index in [1.165, 1.54) is 0 Å². The van der Waals surface area contributed by atoms with Crippen molar-refractivity contribution in [2.45, 2.75) is 31.6 Å². The molecule has 16 heteroatoms. The third-order valence-electron chi connectivity index (χ3n) is 8.18. The number of hydroxylamine groups is 2. The van der Waals surface area contributed by atoms with E-state index in [0.717, 1.165) is 45.2 Å². The van der Waals surface area contributed by atoms with Crippen molar-refractivity contribution in [3.63, 3.8) is 0 Å². The molecule has 1 fully saturated rings. The zero-order chi connectivity index (χ0) is 34.8. The average Bonchev–Trinajstić information content (AvgIpc) is 3.77. The summed E-state index contributed by atoms with van der Waals surface area (Å²) in [6.45, 7) is -0.532. The van der Waals surface area contributed by atoms with E-state index in [9.17, 15) is 43.2 Å². The first kappa shape index (κ1) is 32.5. The highest BCUT2D eigenvalue weighted by Gasteiger charge is 2.35. The van der Waals surface area contributed by atoms with Gasteiger partial charge in [0.25, 0.3) is 35.4 Å². The van der Waals surface area contributed by atoms with E-state index in [1.54, 1.807) is 36.4 Å². The van der Waals surface area contributed by atoms with Crippen molar-refractivity contribution < 1.29 is 52.7 Å². The maximum absolute atomic E-state index is 12.7. The summed E-state index contributed by atoms with van der Waals surface area (Å²) in [7, 11) is 0. The van der Waals surface area contributed by atoms with Crippen LogP contribution in [0.4, 0.5) is 16.2 Å². The van der Waals surface area contributed by atoms with Crippen LogP contribution in [0.5, 0.6) is 0 Å². The van der Waals surface area contributed by atoms with E-state index < -0.39 is 59.3 Å². The van der Waals surface area contributed by atoms with Gasteiger partial charge in [0.1, 0.15) is 6.61 Å². The SMILES string of the molecule is O=C(CCN1C(=O)C=CC1=O)Nc1ccc2c(c1)C(COC(=O)ON1C(=O)CCC1=O)c1cc(NC(=O)CCN3C(=O)C=CC3=O)ccc1-2. The predicted molar refractivity (Wildman–Crippen MR) is 165 cm³/mol. The number of amides is 8. The molecule has 3 heterocycles. The van der Waals surface area contributed by atoms with E-state index in [0.29, 0.717) is 27.6 Å². The topological polar surface area (TPSA) is 206 Å². The van der Waals surface area contributed by atoms with E-state index in [2.05, 4.69) is 10.6 Å². The Morgan fingerprint density at radius 1 is 0.653 bits per heavy atom. The summed E-state index contributed by atoms with van der Waals surface area (Å²) in [4.78, 5) is 116. The minimum atomic E-state index is -1.28. The minimum Gasteiger partial charge on any atom is -0.432 e. The molecule has 2 N–H and O–H groups in total. The summed E-state index contributed by atoms with van der Waals surface area (Å²) >= 11 is 0. The molecule has 3 aliphatic heterocycles. The summed E-state index contributed by atoms with van der Waals surface area (Å²) < 4.78 is 5.34. The standard InChI is InChI=1S/C33H27N5O11/c39-25(11-13-36-27(41)5-6-28(36)42)34-18-1-3-20-21-4-2-19(35-26(40)12-14-37-29(43)7-8-30(37)44)16-23(21)24(22(20)15-18)17-48-33(47)49-38-31(45)9-10-32(38)46/h1-8,15-16,24H,9-14,17H2,(H,34,39)(H,35,40). The fourth-order valence-corrected chi connectivity index (χ4v) is 5.78. The number of carbonyl (C=O) groups is 9. The lowest BCUT2D eigenvalue weighted by Crippen LogP contribution is -2.33. The Morgan fingerprint density at radius 3 is 1.51 bits per heavy atom. The highest BCUT2D eigenvalue weighted by atomic mass is 16.8. The number of fused-ring (bicyclic) bond motifs is 3. The monoisotopic (exact) mass is 669 g/mol. The van der Waals surface area contributed by atoms with Gasteiger partial charge in [0.15, 0.2) is 0 Å². The van der Waals surface area contributed by atoms with Gasteiger partial charge >= 0.3 is 6.16 Å². The largest absolute Gasteiger partial charge is 0.533 e. The van der Waals surface area contributed by atoms with Crippen molar-refractivity contribution >= 4 is 64.8 Å². The van der Waals surface area contributed by atoms with Crippen LogP contribution in [0.2, 0.25) is 0 Å². The number of imide groups is 3. The Hall–Kier alpha value is -6.45. The minimum absolute atomic E-state index is 0.0957. The van der Waals surface area contributed by atoms with Gasteiger partial charge in [-0.3, -0.25) is 53.0 Å². The van der Waals surface area contributed by atoms with Gasteiger partial charge in [-0.1, -0.05) is 17.2 Å². The molecule has 0 atom stereocenters. The lowest BCUT2D eigenvalue weighted by Gasteiger charge is -2.17. The molecule has 2 aromatic rings. The molecule has 8 amide bonds. The van der Waals surface area contributed by atoms with Crippen LogP contribution in [0.25, 0.3) is 11.1 Å². The summed E-state index contributed by atoms with van der Waals surface area (Å²) in [5.41, 5.74) is 3.48. The first-order valence-electron chi connectivity index (χ1n) is 15.1. The lowest BCUT2D eigenvalue weighted by atomic mass is 9.97. The van der Waals surface area contributed by atoms with Crippen molar-refractivity contribution in [2.75, 3.05) is 30.3 Å². The Balaban J connectivity index is 1.17. The van der Waals surface area contributed by atoms with Crippen LogP contribution in [0.3, 0.4) is 0 Å². The fourth-order valence-electron chi connectivity index (χ4n) is 5.78. The molecule has 0 spiro atoms. The molecule has 250 valence electrons. The van der Waals surface area contributed by atoms with Crippen molar-refractivity contribution in [3.05, 3.63) is 71.8 Å². The molecule has 1 saturated heterocycles. The smallest absolute Gasteiger partial charge is 0.432 e. The van der Waals surface area contributed by atoms with E-state index >= 15 is 0 Å². The highest BCUT2D eigenvalue weighted by molar-refractivity contribution is 6.13. The zero-order valence-electron chi connectivity index (χ0n) is 25.6. The number of hydrogen-bond acceptors (Lipinski definition) is 11. The molecular formula is C33H27N5O11. The van der Waals surface area contributed by atoms with Crippen LogP contribution in [0.1, 0.15) is 42.7 Å². The van der Waals surface area contributed by atoms with Gasteiger partial charge < -0.3 is 15.4 Å². The zero-order valence-corrected chi connectivity index (χ0v) is 25.6. The van der Waals surface area contributed by atoms with Crippen LogP contribution in [0, 0.1) is 0 Å². The van der Waals surface area contributed by atoms with Crippen molar-refractivity contribution in [2.24, 2.45) is 0 Å². The Bertz CT molecular complexity index is 1750. The Labute approximate surface area is 277 Å². The second-order valence-corrected chi connectivity index (χ2v) is 11.3. The molecule has 16 nitrogen and oxygen atoms in total. The number of ether oxygens (including phenoxy) is 1. The average molecular weight is 670 g/mol. The second-order valence-electron chi connectivity index (χ2n) is 11.3. The third kappa shape index (κ3) is 6.83. The van der Waals surface area contributed by atoms with Crippen LogP contribution >= 0.6 is 0 Å². The Morgan fingerprint density at radius 2 is 1.08 bits per heavy atom. The highest BCUT2D eigenvalue weighted by Crippen LogP contribution is 2.47. The lowest BCUT2D eigenvalue weighted by molar-refractivity contribution is -0.177. The van der Waals surface area contributed by atoms with Gasteiger partial charge in [-0.2, -0.15) is 0 Å². The number of anilines is 2. The van der Waals surface area contributed by atoms with Crippen molar-refractivity contribution in [1.82, 2.24) is 14.9 Å². The maximum Gasteiger partial charge on any atom is 0.533 e. The third-order valence-corrected chi connectivity index (χ3v) is 8.18. The normalized spacial score (nSPS) is 16.5. The van der Waals surface area contributed by atoms with Gasteiger partial charge in [-0.05, 0) is 46.5 Å². The number of nitrogens with one attached hydrogen (secondary N) is 2. The van der Waals surface area contributed by atoms with Gasteiger partial charge in [0, 0.05) is 80.4 Å². The van der Waals surface area contributed by atoms with E-state index in [1.807, 2.05) is 0 Å². The molecule has 0 saturated carbocycles. The number of carbonyl (C=O) groups excluding carboxylic acids is 9. The summed E-state index contributed by atoms with van der Waals surface area (Å²) in [6.07, 6.45) is 2.74. The quantitative estimate of drug-likeness (QED) is 0.259. The van der Waals surface area contributed by atoms with Crippen LogP contribution in [0.15, 0.2) is 60.7 Å². The Kier molecular flexibility index (Phi) is 8.85. The van der Waals surface area contributed by atoms with Gasteiger partial charge in [-0.15, -0.1) is 0 Å². The number of benzene rings is 2. The molecule has 0 bridgehead atoms. The molecular weight excluding hydrogens is 642 g/mol. The fraction of sp³-hybridized carbons (Fsp3) is 0.242. The van der Waals surface area contributed by atoms with Crippen LogP contribution in [-0.4, -0.2) is 88.0 Å². The molecule has 49 heavy (non-hydrogen) atoms. The predicted octanol–water partition coefficient (Wildman–Crippen LogP) is 1.52. The molecule has 0 radical (unpaired) electrons. The van der Waals surface area contributed by atoms with Crippen molar-refractivity contribution in [3.8, 4) is 11.1 Å². The van der Waals surface area contributed by atoms with E-state index in [-0.39, 0.29) is 45.4 Å². The summed E-state index contributed by atoms with van der Waals surface area (Å²) in [6, 6.07) is 10.1. The summed E-state index contributed by atoms with van der Waals surface area (Å²) in [5, 5.41) is 5.84. The van der Waals surface area contributed by atoms with Gasteiger partial charge in [0.2, 0.25) is 11.8 Å². The molecule has 2 aromatic carbocycles. The first-order valence-corrected chi connectivity index (χ1v) is 15.1. The molecule has 0 unspecified atom stereocenters. The number of hydrogen-bond donors (Lipinski definition) is 2. The first-order chi connectivity index (χ1) is 23.5. The van der Waals surface area contributed by atoms with E-state index in [4.69, 9.17) is 9.57 Å².